The number of rotatable bonds is 12. The molecule has 0 bridgehead atoms. The van der Waals surface area contributed by atoms with Gasteiger partial charge in [0.05, 0.1) is 10.4 Å². The summed E-state index contributed by atoms with van der Waals surface area (Å²) in [6.07, 6.45) is -0.741. The van der Waals surface area contributed by atoms with E-state index in [4.69, 9.17) is 34.0 Å². The summed E-state index contributed by atoms with van der Waals surface area (Å²) in [6.45, 7) is 27.2. The third-order valence-electron chi connectivity index (χ3n) is 6.18. The predicted molar refractivity (Wildman–Crippen MR) is 188 cm³/mol. The van der Waals surface area contributed by atoms with Gasteiger partial charge in [-0.25, -0.2) is 0 Å². The molecule has 2 heterocycles. The van der Waals surface area contributed by atoms with Crippen LogP contribution in [0.15, 0.2) is 34.1 Å². The number of ether oxygens (including phenoxy) is 1. The fraction of sp³-hybridized carbons (Fsp3) is 0.655. The van der Waals surface area contributed by atoms with Gasteiger partial charge in [0.15, 0.2) is 33.3 Å². The molecule has 5 nitrogen and oxygen atoms in total. The van der Waals surface area contributed by atoms with E-state index in [0.29, 0.717) is 6.61 Å². The Bertz CT molecular complexity index is 1160. The Morgan fingerprint density at radius 1 is 0.756 bits per heavy atom. The fourth-order valence-electron chi connectivity index (χ4n) is 4.82. The van der Waals surface area contributed by atoms with Crippen LogP contribution in [0, 0.1) is 0 Å². The van der Waals surface area contributed by atoms with Gasteiger partial charge in [-0.05, 0) is 124 Å². The zero-order valence-electron chi connectivity index (χ0n) is 26.9. The lowest BCUT2D eigenvalue weighted by Crippen LogP contribution is -2.63. The molecule has 1 aliphatic heterocycles. The lowest BCUT2D eigenvalue weighted by atomic mass is 9.90. The average Bonchev–Trinajstić information content (AvgIpc) is 3.18. The normalized spacial score (nSPS) is 24.6. The quantitative estimate of drug-likeness (QED) is 0.203. The van der Waals surface area contributed by atoms with Gasteiger partial charge in [0.25, 0.3) is 0 Å². The molecule has 5 atom stereocenters. The van der Waals surface area contributed by atoms with E-state index >= 15 is 0 Å². The lowest BCUT2D eigenvalue weighted by Gasteiger charge is -2.51. The molecule has 232 valence electrons. The van der Waals surface area contributed by atoms with Crippen molar-refractivity contribution in [3.8, 4) is 0 Å². The van der Waals surface area contributed by atoms with E-state index in [1.165, 1.54) is 4.88 Å². The van der Waals surface area contributed by atoms with E-state index < -0.39 is 33.3 Å². The molecule has 0 amide bonds. The highest BCUT2D eigenvalue weighted by molar-refractivity contribution is 9.11. The molecule has 3 rings (SSSR count). The lowest BCUT2D eigenvalue weighted by molar-refractivity contribution is -0.216. The maximum atomic E-state index is 7.06. The molecule has 1 aliphatic rings. The first-order valence-electron chi connectivity index (χ1n) is 14.5. The summed E-state index contributed by atoms with van der Waals surface area (Å²) in [5.41, 5.74) is 2.13. The molecule has 0 radical (unpaired) electrons. The third kappa shape index (κ3) is 11.7. The molecular formula is C29H50BrClO5SSi4. The maximum Gasteiger partial charge on any atom is 0.184 e. The Kier molecular flexibility index (Phi) is 12.0. The van der Waals surface area contributed by atoms with Gasteiger partial charge >= 0.3 is 0 Å². The number of benzene rings is 1. The monoisotopic (exact) mass is 736 g/mol. The van der Waals surface area contributed by atoms with Gasteiger partial charge in [-0.15, -0.1) is 11.3 Å². The van der Waals surface area contributed by atoms with E-state index in [1.54, 1.807) is 11.3 Å². The first-order chi connectivity index (χ1) is 18.6. The van der Waals surface area contributed by atoms with Crippen molar-refractivity contribution in [2.45, 2.75) is 116 Å². The molecule has 1 aromatic carbocycles. The van der Waals surface area contributed by atoms with Crippen LogP contribution in [0.2, 0.25) is 83.6 Å². The summed E-state index contributed by atoms with van der Waals surface area (Å²) < 4.78 is 35.6. The molecule has 12 heteroatoms. The first kappa shape index (κ1) is 35.8. The van der Waals surface area contributed by atoms with Crippen LogP contribution < -0.4 is 0 Å². The highest BCUT2D eigenvalue weighted by Gasteiger charge is 2.52. The Balaban J connectivity index is 2.14. The predicted octanol–water partition coefficient (Wildman–Crippen LogP) is 9.71. The largest absolute Gasteiger partial charge is 0.415 e. The van der Waals surface area contributed by atoms with Gasteiger partial charge in [-0.2, -0.15) is 0 Å². The second-order valence-corrected chi connectivity index (χ2v) is 35.7. The molecule has 1 fully saturated rings. The highest BCUT2D eigenvalue weighted by Crippen LogP contribution is 2.41. The van der Waals surface area contributed by atoms with Gasteiger partial charge in [0.1, 0.15) is 30.5 Å². The van der Waals surface area contributed by atoms with Crippen molar-refractivity contribution in [3.63, 3.8) is 0 Å². The number of thiophene rings is 1. The molecular weight excluding hydrogens is 688 g/mol. The molecule has 2 aromatic rings. The van der Waals surface area contributed by atoms with E-state index in [2.05, 4.69) is 119 Å². The van der Waals surface area contributed by atoms with Gasteiger partial charge in [0.2, 0.25) is 0 Å². The number of hydrogen-bond donors (Lipinski definition) is 0. The Labute approximate surface area is 270 Å². The summed E-state index contributed by atoms with van der Waals surface area (Å²) in [6, 6.07) is 10.5. The zero-order valence-corrected chi connectivity index (χ0v) is 34.1. The molecule has 0 N–H and O–H groups in total. The SMILES string of the molecule is C[Si](C)(C)OC[C@H]1O[C@@H](c2ccc(Cl)c(Cc3ccc(Br)s3)c2)[C@H](O[Si](C)(C)C)[C@@H](O[Si](C)(C)C)[C@@H]1O[Si](C)(C)C. The van der Waals surface area contributed by atoms with Crippen LogP contribution in [0.1, 0.15) is 22.1 Å². The maximum absolute atomic E-state index is 7.06. The van der Waals surface area contributed by atoms with Crippen molar-refractivity contribution in [1.29, 1.82) is 0 Å². The van der Waals surface area contributed by atoms with Crippen LogP contribution in [0.5, 0.6) is 0 Å². The van der Waals surface area contributed by atoms with Gasteiger partial charge in [-0.1, -0.05) is 23.7 Å². The summed E-state index contributed by atoms with van der Waals surface area (Å²) in [7, 11) is -7.82. The molecule has 41 heavy (non-hydrogen) atoms. The summed E-state index contributed by atoms with van der Waals surface area (Å²) in [5.74, 6) is 0. The van der Waals surface area contributed by atoms with Gasteiger partial charge < -0.3 is 22.4 Å². The minimum absolute atomic E-state index is 0.276. The van der Waals surface area contributed by atoms with E-state index in [1.807, 2.05) is 6.07 Å². The average molecular weight is 738 g/mol. The second-order valence-electron chi connectivity index (χ2n) is 14.8. The molecule has 0 aliphatic carbocycles. The third-order valence-corrected chi connectivity index (χ3v) is 12.1. The van der Waals surface area contributed by atoms with Crippen molar-refractivity contribution < 1.29 is 22.4 Å². The van der Waals surface area contributed by atoms with E-state index in [-0.39, 0.29) is 30.5 Å². The minimum Gasteiger partial charge on any atom is -0.415 e. The number of hydrogen-bond acceptors (Lipinski definition) is 6. The van der Waals surface area contributed by atoms with Crippen molar-refractivity contribution in [3.05, 3.63) is 55.1 Å². The summed E-state index contributed by atoms with van der Waals surface area (Å²) >= 11 is 12.1. The summed E-state index contributed by atoms with van der Waals surface area (Å²) in [5, 5.41) is 0.755. The standard InChI is InChI=1S/C29H50BrClO5SSi4/c1-38(2,3)32-19-24-27(34-39(4,5)6)29(36-41(10,11)12)28(35-40(7,8)9)26(33-24)20-13-15-23(31)21(17-20)18-22-14-16-25(30)37-22/h13-17,24,26-29H,18-19H2,1-12H3/t24-,26+,27-,28+,29+/m1/s1. The van der Waals surface area contributed by atoms with E-state index in [0.717, 1.165) is 26.4 Å². The first-order valence-corrected chi connectivity index (χ1v) is 30.1. The van der Waals surface area contributed by atoms with Crippen LogP contribution in [0.3, 0.4) is 0 Å². The van der Waals surface area contributed by atoms with Crippen molar-refractivity contribution in [2.75, 3.05) is 6.61 Å². The highest BCUT2D eigenvalue weighted by atomic mass is 79.9. The van der Waals surface area contributed by atoms with Crippen molar-refractivity contribution in [2.24, 2.45) is 0 Å². The second kappa shape index (κ2) is 13.8. The number of halogens is 2. The van der Waals surface area contributed by atoms with Crippen molar-refractivity contribution in [1.82, 2.24) is 0 Å². The molecule has 0 spiro atoms. The summed E-state index contributed by atoms with van der Waals surface area (Å²) in [4.78, 5) is 1.25. The van der Waals surface area contributed by atoms with Crippen LogP contribution in [-0.4, -0.2) is 64.3 Å². The minimum atomic E-state index is -2.02. The van der Waals surface area contributed by atoms with Crippen LogP contribution in [0.25, 0.3) is 0 Å². The topological polar surface area (TPSA) is 46.2 Å². The fourth-order valence-corrected chi connectivity index (χ4v) is 10.4. The molecule has 1 saturated heterocycles. The van der Waals surface area contributed by atoms with Gasteiger partial charge in [-0.3, -0.25) is 0 Å². The Morgan fingerprint density at radius 3 is 1.83 bits per heavy atom. The molecule has 1 aromatic heterocycles. The zero-order chi connectivity index (χ0) is 31.0. The Hall–Kier alpha value is 0.358. The molecule has 0 saturated carbocycles. The Morgan fingerprint density at radius 2 is 1.32 bits per heavy atom. The smallest absolute Gasteiger partial charge is 0.184 e. The van der Waals surface area contributed by atoms with Gasteiger partial charge in [0, 0.05) is 16.3 Å². The van der Waals surface area contributed by atoms with Crippen molar-refractivity contribution >= 4 is 72.1 Å². The van der Waals surface area contributed by atoms with Crippen LogP contribution >= 0.6 is 38.9 Å². The van der Waals surface area contributed by atoms with Crippen LogP contribution in [-0.2, 0) is 28.9 Å². The molecule has 0 unspecified atom stereocenters. The van der Waals surface area contributed by atoms with Crippen LogP contribution in [0.4, 0.5) is 0 Å². The van der Waals surface area contributed by atoms with E-state index in [9.17, 15) is 0 Å².